The molecule has 0 heterocycles. The van der Waals surface area contributed by atoms with Crippen molar-refractivity contribution in [1.82, 2.24) is 4.31 Å². The van der Waals surface area contributed by atoms with E-state index < -0.39 is 50.1 Å². The molecule has 0 saturated heterocycles. The minimum atomic E-state index is -4.24. The summed E-state index contributed by atoms with van der Waals surface area (Å²) in [6.07, 6.45) is 0.418. The molecule has 0 aliphatic rings. The van der Waals surface area contributed by atoms with Crippen LogP contribution in [0.5, 0.6) is 0 Å². The van der Waals surface area contributed by atoms with Crippen molar-refractivity contribution in [1.29, 1.82) is 0 Å². The second-order valence-corrected chi connectivity index (χ2v) is 11.7. The van der Waals surface area contributed by atoms with E-state index in [1.807, 2.05) is 13.8 Å². The lowest BCUT2D eigenvalue weighted by Crippen LogP contribution is -2.50. The maximum atomic E-state index is 13.4. The molecule has 0 fully saturated rings. The van der Waals surface area contributed by atoms with Gasteiger partial charge in [-0.25, -0.2) is 16.8 Å². The molecule has 2 rings (SSSR count). The predicted octanol–water partition coefficient (Wildman–Crippen LogP) is 3.27. The van der Waals surface area contributed by atoms with Gasteiger partial charge in [0.2, 0.25) is 10.0 Å². The molecule has 9 heteroatoms. The lowest BCUT2D eigenvalue weighted by atomic mass is 9.99. The number of carboxylic acids is 1. The highest BCUT2D eigenvalue weighted by Gasteiger charge is 2.39. The molecular weight excluding hydrogens is 438 g/mol. The van der Waals surface area contributed by atoms with Gasteiger partial charge in [-0.1, -0.05) is 55.7 Å². The topological polar surface area (TPSA) is 109 Å². The molecule has 0 saturated carbocycles. The first-order valence-corrected chi connectivity index (χ1v) is 13.1. The predicted molar refractivity (Wildman–Crippen MR) is 119 cm³/mol. The minimum absolute atomic E-state index is 0.0691. The molecule has 31 heavy (non-hydrogen) atoms. The smallest absolute Gasteiger partial charge is 0.322 e. The third-order valence-corrected chi connectivity index (χ3v) is 8.94. The number of rotatable bonds is 10. The molecule has 0 bridgehead atoms. The fourth-order valence-electron chi connectivity index (χ4n) is 3.20. The van der Waals surface area contributed by atoms with Gasteiger partial charge in [-0.2, -0.15) is 4.31 Å². The van der Waals surface area contributed by atoms with Crippen LogP contribution in [0.2, 0.25) is 0 Å². The zero-order valence-corrected chi connectivity index (χ0v) is 19.8. The Morgan fingerprint density at radius 3 is 1.77 bits per heavy atom. The van der Waals surface area contributed by atoms with Crippen molar-refractivity contribution >= 4 is 25.8 Å². The monoisotopic (exact) mass is 467 g/mol. The quantitative estimate of drug-likeness (QED) is 0.574. The standard InChI is InChI=1S/C22H29NO6S2/c1-5-18(4)21(22(24)25)23(31(28,29)20-12-8-17(3)9-13-20)14-15-30(26,27)19-10-6-16(2)7-11-19/h6-13,18,21H,5,14-15H2,1-4H3,(H,24,25)/t18-,21-/m0/s1. The molecule has 0 unspecified atom stereocenters. The van der Waals surface area contributed by atoms with Gasteiger partial charge in [0.15, 0.2) is 9.84 Å². The maximum absolute atomic E-state index is 13.4. The van der Waals surface area contributed by atoms with Crippen molar-refractivity contribution < 1.29 is 26.7 Å². The molecule has 7 nitrogen and oxygen atoms in total. The zero-order valence-electron chi connectivity index (χ0n) is 18.1. The minimum Gasteiger partial charge on any atom is -0.480 e. The summed E-state index contributed by atoms with van der Waals surface area (Å²) >= 11 is 0. The van der Waals surface area contributed by atoms with Crippen LogP contribution in [-0.4, -0.2) is 50.6 Å². The van der Waals surface area contributed by atoms with Crippen LogP contribution in [0.1, 0.15) is 31.4 Å². The van der Waals surface area contributed by atoms with Gasteiger partial charge < -0.3 is 5.11 Å². The van der Waals surface area contributed by atoms with Gasteiger partial charge >= 0.3 is 5.97 Å². The van der Waals surface area contributed by atoms with Crippen LogP contribution in [0.15, 0.2) is 58.3 Å². The number of nitrogens with zero attached hydrogens (tertiary/aromatic N) is 1. The number of carbonyl (C=O) groups is 1. The SMILES string of the molecule is CC[C@H](C)[C@@H](C(=O)O)N(CCS(=O)(=O)c1ccc(C)cc1)S(=O)(=O)c1ccc(C)cc1. The van der Waals surface area contributed by atoms with E-state index in [0.717, 1.165) is 15.4 Å². The first-order valence-electron chi connectivity index (χ1n) is 10.0. The maximum Gasteiger partial charge on any atom is 0.322 e. The van der Waals surface area contributed by atoms with E-state index in [1.165, 1.54) is 24.3 Å². The Kier molecular flexibility index (Phi) is 8.02. The molecule has 0 radical (unpaired) electrons. The van der Waals surface area contributed by atoms with Gasteiger partial charge in [0, 0.05) is 6.54 Å². The van der Waals surface area contributed by atoms with E-state index in [4.69, 9.17) is 0 Å². The number of hydrogen-bond acceptors (Lipinski definition) is 5. The van der Waals surface area contributed by atoms with E-state index in [-0.39, 0.29) is 9.79 Å². The van der Waals surface area contributed by atoms with Crippen molar-refractivity contribution in [2.24, 2.45) is 5.92 Å². The molecule has 2 aromatic carbocycles. The van der Waals surface area contributed by atoms with Crippen molar-refractivity contribution in [3.05, 3.63) is 59.7 Å². The van der Waals surface area contributed by atoms with Gasteiger partial charge in [-0.05, 0) is 44.0 Å². The Balaban J connectivity index is 2.47. The van der Waals surface area contributed by atoms with Crippen LogP contribution in [0.3, 0.4) is 0 Å². The Hall–Kier alpha value is -2.23. The molecule has 0 spiro atoms. The Bertz CT molecular complexity index is 1110. The van der Waals surface area contributed by atoms with Crippen LogP contribution in [0.25, 0.3) is 0 Å². The second-order valence-electron chi connectivity index (χ2n) is 7.73. The normalized spacial score (nSPS) is 14.4. The third-order valence-electron chi connectivity index (χ3n) is 5.33. The molecule has 0 aromatic heterocycles. The lowest BCUT2D eigenvalue weighted by molar-refractivity contribution is -0.143. The Labute approximate surface area is 184 Å². The summed E-state index contributed by atoms with van der Waals surface area (Å²) in [5.74, 6) is -2.35. The van der Waals surface area contributed by atoms with Crippen molar-refractivity contribution in [2.45, 2.75) is 49.9 Å². The van der Waals surface area contributed by atoms with E-state index in [2.05, 4.69) is 0 Å². The first-order chi connectivity index (χ1) is 14.4. The van der Waals surface area contributed by atoms with E-state index in [1.54, 1.807) is 38.1 Å². The summed E-state index contributed by atoms with van der Waals surface area (Å²) in [7, 11) is -8.05. The van der Waals surface area contributed by atoms with Gasteiger partial charge in [-0.3, -0.25) is 4.79 Å². The van der Waals surface area contributed by atoms with Gasteiger partial charge in [0.1, 0.15) is 6.04 Å². The van der Waals surface area contributed by atoms with E-state index in [9.17, 15) is 26.7 Å². The highest BCUT2D eigenvalue weighted by molar-refractivity contribution is 7.91. The molecule has 170 valence electrons. The van der Waals surface area contributed by atoms with Crippen LogP contribution < -0.4 is 0 Å². The number of hydrogen-bond donors (Lipinski definition) is 1. The van der Waals surface area contributed by atoms with Gasteiger partial charge in [0.25, 0.3) is 0 Å². The molecule has 0 aliphatic carbocycles. The molecule has 1 N–H and O–H groups in total. The van der Waals surface area contributed by atoms with E-state index in [0.29, 0.717) is 6.42 Å². The van der Waals surface area contributed by atoms with Crippen LogP contribution in [0.4, 0.5) is 0 Å². The molecule has 0 amide bonds. The summed E-state index contributed by atoms with van der Waals surface area (Å²) in [4.78, 5) is 12.1. The number of sulfonamides is 1. The number of sulfone groups is 1. The molecule has 0 aliphatic heterocycles. The molecule has 2 atom stereocenters. The summed E-state index contributed by atoms with van der Waals surface area (Å²) < 4.78 is 53.2. The molecule has 2 aromatic rings. The summed E-state index contributed by atoms with van der Waals surface area (Å²) in [5.41, 5.74) is 1.74. The largest absolute Gasteiger partial charge is 0.480 e. The number of benzene rings is 2. The van der Waals surface area contributed by atoms with Crippen LogP contribution >= 0.6 is 0 Å². The lowest BCUT2D eigenvalue weighted by Gasteiger charge is -2.31. The number of aryl methyl sites for hydroxylation is 2. The summed E-state index contributed by atoms with van der Waals surface area (Å²) in [6, 6.07) is 10.9. The van der Waals surface area contributed by atoms with Gasteiger partial charge in [0.05, 0.1) is 15.5 Å². The first kappa shape index (κ1) is 25.0. The van der Waals surface area contributed by atoms with Crippen molar-refractivity contribution in [3.8, 4) is 0 Å². The summed E-state index contributed by atoms with van der Waals surface area (Å²) in [5, 5.41) is 9.82. The fraction of sp³-hybridized carbons (Fsp3) is 0.409. The highest BCUT2D eigenvalue weighted by atomic mass is 32.2. The van der Waals surface area contributed by atoms with Crippen LogP contribution in [-0.2, 0) is 24.7 Å². The average Bonchev–Trinajstić information content (AvgIpc) is 2.70. The average molecular weight is 468 g/mol. The van der Waals surface area contributed by atoms with Crippen molar-refractivity contribution in [2.75, 3.05) is 12.3 Å². The third kappa shape index (κ3) is 5.93. The van der Waals surface area contributed by atoms with Crippen molar-refractivity contribution in [3.63, 3.8) is 0 Å². The zero-order chi connectivity index (χ0) is 23.4. The second kappa shape index (κ2) is 9.93. The molecular formula is C22H29NO6S2. The number of carboxylic acid groups (broad SMARTS) is 1. The highest BCUT2D eigenvalue weighted by Crippen LogP contribution is 2.25. The van der Waals surface area contributed by atoms with Gasteiger partial charge in [-0.15, -0.1) is 0 Å². The Morgan fingerprint density at radius 1 is 0.903 bits per heavy atom. The number of aliphatic carboxylic acids is 1. The fourth-order valence-corrected chi connectivity index (χ4v) is 6.22. The van der Waals surface area contributed by atoms with Crippen LogP contribution in [0, 0.1) is 19.8 Å². The van der Waals surface area contributed by atoms with E-state index >= 15 is 0 Å². The Morgan fingerprint density at radius 2 is 1.35 bits per heavy atom. The summed E-state index contributed by atoms with van der Waals surface area (Å²) in [6.45, 7) is 6.58.